The van der Waals surface area contributed by atoms with Crippen molar-refractivity contribution in [3.63, 3.8) is 0 Å². The van der Waals surface area contributed by atoms with E-state index in [4.69, 9.17) is 9.15 Å². The minimum atomic E-state index is 0.0509. The molecule has 21 heavy (non-hydrogen) atoms. The lowest BCUT2D eigenvalue weighted by Crippen LogP contribution is -2.42. The highest BCUT2D eigenvalue weighted by atomic mass is 79.9. The number of likely N-dealkylation sites (tertiary alicyclic amines) is 1. The molecule has 1 aromatic carbocycles. The van der Waals surface area contributed by atoms with Crippen LogP contribution in [0.25, 0.3) is 11.0 Å². The van der Waals surface area contributed by atoms with E-state index in [0.29, 0.717) is 21.6 Å². The highest BCUT2D eigenvalue weighted by molar-refractivity contribution is 9.10. The maximum atomic E-state index is 12.7. The van der Waals surface area contributed by atoms with Crippen LogP contribution in [0.1, 0.15) is 36.5 Å². The molecule has 0 aliphatic carbocycles. The van der Waals surface area contributed by atoms with Gasteiger partial charge in [0.2, 0.25) is 0 Å². The molecule has 0 saturated carbocycles. The molecule has 1 saturated heterocycles. The molecule has 2 aromatic rings. The fourth-order valence-corrected chi connectivity index (χ4v) is 3.34. The number of nitrogens with zero attached hydrogens (tertiary/aromatic N) is 1. The Bertz CT molecular complexity index is 679. The quantitative estimate of drug-likeness (QED) is 0.813. The van der Waals surface area contributed by atoms with Crippen LogP contribution < -0.4 is 4.74 Å². The number of fused-ring (bicyclic) bond motifs is 1. The molecule has 0 bridgehead atoms. The Kier molecular flexibility index (Phi) is 3.93. The average molecular weight is 352 g/mol. The summed E-state index contributed by atoms with van der Waals surface area (Å²) in [6, 6.07) is 5.74. The van der Waals surface area contributed by atoms with Crippen LogP contribution in [0, 0.1) is 0 Å². The predicted octanol–water partition coefficient (Wildman–Crippen LogP) is 4.22. The molecular weight excluding hydrogens is 334 g/mol. The Morgan fingerprint density at radius 2 is 2.19 bits per heavy atom. The molecule has 4 nitrogen and oxygen atoms in total. The summed E-state index contributed by atoms with van der Waals surface area (Å²) in [6.07, 6.45) is 3.33. The van der Waals surface area contributed by atoms with Crippen molar-refractivity contribution in [2.45, 2.75) is 32.2 Å². The number of piperidine rings is 1. The van der Waals surface area contributed by atoms with Crippen LogP contribution in [-0.4, -0.2) is 30.5 Å². The summed E-state index contributed by atoms with van der Waals surface area (Å²) in [6.45, 7) is 2.93. The summed E-state index contributed by atoms with van der Waals surface area (Å²) in [7, 11) is 1.60. The second kappa shape index (κ2) is 5.72. The number of ether oxygens (including phenoxy) is 1. The van der Waals surface area contributed by atoms with Gasteiger partial charge in [0.05, 0.1) is 12.5 Å². The maximum absolute atomic E-state index is 12.7. The molecule has 1 unspecified atom stereocenters. The van der Waals surface area contributed by atoms with Gasteiger partial charge < -0.3 is 14.1 Å². The number of hydrogen-bond acceptors (Lipinski definition) is 3. The normalized spacial score (nSPS) is 19.0. The van der Waals surface area contributed by atoms with E-state index in [1.807, 2.05) is 11.0 Å². The largest absolute Gasteiger partial charge is 0.496 e. The molecule has 1 fully saturated rings. The van der Waals surface area contributed by atoms with E-state index >= 15 is 0 Å². The lowest BCUT2D eigenvalue weighted by Gasteiger charge is -2.33. The van der Waals surface area contributed by atoms with Gasteiger partial charge in [-0.2, -0.15) is 0 Å². The first kappa shape index (κ1) is 14.4. The van der Waals surface area contributed by atoms with Crippen LogP contribution >= 0.6 is 15.9 Å². The number of carbonyl (C=O) groups excluding carboxylic acids is 1. The van der Waals surface area contributed by atoms with Crippen molar-refractivity contribution < 1.29 is 13.9 Å². The van der Waals surface area contributed by atoms with E-state index in [1.54, 1.807) is 19.2 Å². The third kappa shape index (κ3) is 2.67. The van der Waals surface area contributed by atoms with Gasteiger partial charge in [-0.25, -0.2) is 0 Å². The lowest BCUT2D eigenvalue weighted by atomic mass is 10.0. The summed E-state index contributed by atoms with van der Waals surface area (Å²) >= 11 is 3.32. The zero-order valence-electron chi connectivity index (χ0n) is 12.2. The van der Waals surface area contributed by atoms with Gasteiger partial charge in [0.25, 0.3) is 5.91 Å². The first-order valence-corrected chi connectivity index (χ1v) is 7.97. The summed E-state index contributed by atoms with van der Waals surface area (Å²) in [5.74, 6) is 0.713. The van der Waals surface area contributed by atoms with Gasteiger partial charge in [0, 0.05) is 24.2 Å². The van der Waals surface area contributed by atoms with E-state index in [0.717, 1.165) is 24.8 Å². The van der Waals surface area contributed by atoms with Gasteiger partial charge in [-0.05, 0) is 54.2 Å². The molecular formula is C16H18BrNO3. The van der Waals surface area contributed by atoms with Crippen molar-refractivity contribution >= 4 is 32.8 Å². The molecule has 5 heteroatoms. The van der Waals surface area contributed by atoms with E-state index in [9.17, 15) is 4.79 Å². The van der Waals surface area contributed by atoms with E-state index in [1.165, 1.54) is 6.42 Å². The van der Waals surface area contributed by atoms with Crippen LogP contribution in [-0.2, 0) is 0 Å². The Morgan fingerprint density at radius 1 is 1.38 bits per heavy atom. The highest BCUT2D eigenvalue weighted by Gasteiger charge is 2.25. The number of methoxy groups -OCH3 is 1. The molecule has 1 aliphatic rings. The standard InChI is InChI=1S/C16H18BrNO3/c1-10-5-3-4-6-18(10)16(19)11-7-13(20-2)12-9-15(17)21-14(12)8-11/h7-10H,3-6H2,1-2H3. The fourth-order valence-electron chi connectivity index (χ4n) is 2.93. The molecule has 1 aliphatic heterocycles. The summed E-state index contributed by atoms with van der Waals surface area (Å²) in [5.41, 5.74) is 1.28. The molecule has 1 atom stereocenters. The van der Waals surface area contributed by atoms with Gasteiger partial charge >= 0.3 is 0 Å². The smallest absolute Gasteiger partial charge is 0.254 e. The Labute approximate surface area is 132 Å². The number of hydrogen-bond donors (Lipinski definition) is 0. The van der Waals surface area contributed by atoms with Crippen LogP contribution in [0.3, 0.4) is 0 Å². The van der Waals surface area contributed by atoms with Gasteiger partial charge in [-0.3, -0.25) is 4.79 Å². The second-order valence-corrected chi connectivity index (χ2v) is 6.27. The van der Waals surface area contributed by atoms with Gasteiger partial charge in [-0.1, -0.05) is 0 Å². The van der Waals surface area contributed by atoms with E-state index < -0.39 is 0 Å². The number of carbonyl (C=O) groups is 1. The molecule has 3 rings (SSSR count). The topological polar surface area (TPSA) is 42.7 Å². The lowest BCUT2D eigenvalue weighted by molar-refractivity contribution is 0.0635. The number of benzene rings is 1. The SMILES string of the molecule is COc1cc(C(=O)N2CCCCC2C)cc2oc(Br)cc12. The van der Waals surface area contributed by atoms with Crippen molar-refractivity contribution in [1.29, 1.82) is 0 Å². The first-order chi connectivity index (χ1) is 10.1. The monoisotopic (exact) mass is 351 g/mol. The number of furan rings is 1. The molecule has 2 heterocycles. The van der Waals surface area contributed by atoms with Gasteiger partial charge in [0.15, 0.2) is 4.67 Å². The van der Waals surface area contributed by atoms with Crippen molar-refractivity contribution in [3.8, 4) is 5.75 Å². The van der Waals surface area contributed by atoms with Crippen molar-refractivity contribution in [2.75, 3.05) is 13.7 Å². The molecule has 0 radical (unpaired) electrons. The predicted molar refractivity (Wildman–Crippen MR) is 84.8 cm³/mol. The summed E-state index contributed by atoms with van der Waals surface area (Å²) in [4.78, 5) is 14.7. The Morgan fingerprint density at radius 3 is 2.90 bits per heavy atom. The molecule has 1 amide bonds. The Hall–Kier alpha value is -1.49. The number of halogens is 1. The van der Waals surface area contributed by atoms with Crippen LogP contribution in [0.4, 0.5) is 0 Å². The fraction of sp³-hybridized carbons (Fsp3) is 0.438. The van der Waals surface area contributed by atoms with E-state index in [2.05, 4.69) is 22.9 Å². The van der Waals surface area contributed by atoms with E-state index in [-0.39, 0.29) is 11.9 Å². The van der Waals surface area contributed by atoms with Crippen LogP contribution in [0.5, 0.6) is 5.75 Å². The summed E-state index contributed by atoms with van der Waals surface area (Å²) < 4.78 is 11.6. The van der Waals surface area contributed by atoms with Crippen molar-refractivity contribution in [2.24, 2.45) is 0 Å². The Balaban J connectivity index is 2.01. The highest BCUT2D eigenvalue weighted by Crippen LogP contribution is 2.33. The third-order valence-corrected chi connectivity index (χ3v) is 4.49. The van der Waals surface area contributed by atoms with Crippen LogP contribution in [0.15, 0.2) is 27.3 Å². The molecule has 0 N–H and O–H groups in total. The first-order valence-electron chi connectivity index (χ1n) is 7.18. The zero-order chi connectivity index (χ0) is 15.0. The molecule has 0 spiro atoms. The molecule has 1 aromatic heterocycles. The van der Waals surface area contributed by atoms with Crippen molar-refractivity contribution in [1.82, 2.24) is 4.90 Å². The zero-order valence-corrected chi connectivity index (χ0v) is 13.8. The number of rotatable bonds is 2. The summed E-state index contributed by atoms with van der Waals surface area (Å²) in [5, 5.41) is 0.868. The minimum absolute atomic E-state index is 0.0509. The third-order valence-electron chi connectivity index (χ3n) is 4.10. The van der Waals surface area contributed by atoms with Crippen molar-refractivity contribution in [3.05, 3.63) is 28.4 Å². The average Bonchev–Trinajstić information content (AvgIpc) is 2.86. The number of amides is 1. The maximum Gasteiger partial charge on any atom is 0.254 e. The second-order valence-electron chi connectivity index (χ2n) is 5.48. The van der Waals surface area contributed by atoms with Gasteiger partial charge in [0.1, 0.15) is 11.3 Å². The van der Waals surface area contributed by atoms with Crippen LogP contribution in [0.2, 0.25) is 0 Å². The van der Waals surface area contributed by atoms with Gasteiger partial charge in [-0.15, -0.1) is 0 Å². The minimum Gasteiger partial charge on any atom is -0.496 e. The molecule has 112 valence electrons.